The summed E-state index contributed by atoms with van der Waals surface area (Å²) >= 11 is 0. The molecular weight excluding hydrogens is 437 g/mol. The van der Waals surface area contributed by atoms with Crippen molar-refractivity contribution in [2.45, 2.75) is 58.3 Å². The molecule has 0 aliphatic rings. The van der Waals surface area contributed by atoms with Gasteiger partial charge in [-0.3, -0.25) is 19.2 Å². The van der Waals surface area contributed by atoms with Gasteiger partial charge in [0.2, 0.25) is 11.8 Å². The molecule has 0 radical (unpaired) electrons. The van der Waals surface area contributed by atoms with Gasteiger partial charge in [-0.1, -0.05) is 44.2 Å². The number of Topliss-reactive ketones (excluding diaryl/α,β-unsaturated/α-hetero) is 1. The van der Waals surface area contributed by atoms with Crippen LogP contribution in [-0.2, 0) is 30.5 Å². The third-order valence-corrected chi connectivity index (χ3v) is 4.67. The first-order valence-electron chi connectivity index (χ1n) is 10.4. The van der Waals surface area contributed by atoms with Crippen molar-refractivity contribution < 1.29 is 38.2 Å². The number of halogens is 1. The van der Waals surface area contributed by atoms with Crippen molar-refractivity contribution in [3.63, 3.8) is 0 Å². The average molecular weight is 467 g/mol. The second-order valence-corrected chi connectivity index (χ2v) is 7.75. The summed E-state index contributed by atoms with van der Waals surface area (Å²) in [6.45, 7) is 3.36. The molecule has 0 spiro atoms. The molecule has 1 aromatic carbocycles. The van der Waals surface area contributed by atoms with Crippen molar-refractivity contribution in [2.24, 2.45) is 5.92 Å². The van der Waals surface area contributed by atoms with Crippen molar-refractivity contribution in [3.05, 3.63) is 35.9 Å². The van der Waals surface area contributed by atoms with Crippen LogP contribution in [0.15, 0.2) is 30.3 Å². The van der Waals surface area contributed by atoms with Gasteiger partial charge in [0.15, 0.2) is 5.78 Å². The summed E-state index contributed by atoms with van der Waals surface area (Å²) in [5, 5.41) is 15.9. The van der Waals surface area contributed by atoms with Gasteiger partial charge in [-0.25, -0.2) is 9.18 Å². The number of carbonyl (C=O) groups is 5. The number of hydrogen-bond donors (Lipinski definition) is 4. The number of carboxylic acids is 1. The minimum atomic E-state index is -1.37. The van der Waals surface area contributed by atoms with E-state index in [1.54, 1.807) is 38.1 Å². The molecule has 0 aliphatic heterocycles. The summed E-state index contributed by atoms with van der Waals surface area (Å²) in [5.41, 5.74) is 0.767. The van der Waals surface area contributed by atoms with Gasteiger partial charge >= 0.3 is 12.1 Å². The number of benzene rings is 1. The lowest BCUT2D eigenvalue weighted by atomic mass is 10.0. The minimum absolute atomic E-state index is 0.0122. The van der Waals surface area contributed by atoms with Crippen LogP contribution in [0, 0.1) is 5.92 Å². The van der Waals surface area contributed by atoms with Crippen LogP contribution in [0.3, 0.4) is 0 Å². The number of carbonyl (C=O) groups excluding carboxylic acids is 4. The number of amides is 3. The highest BCUT2D eigenvalue weighted by atomic mass is 19.1. The molecule has 3 amide bonds. The Morgan fingerprint density at radius 1 is 0.970 bits per heavy atom. The quantitative estimate of drug-likeness (QED) is 0.342. The molecule has 3 atom stereocenters. The maximum Gasteiger partial charge on any atom is 0.408 e. The van der Waals surface area contributed by atoms with Gasteiger partial charge in [0.25, 0.3) is 0 Å². The van der Waals surface area contributed by atoms with Crippen molar-refractivity contribution in [1.82, 2.24) is 16.0 Å². The molecule has 0 aliphatic carbocycles. The highest BCUT2D eigenvalue weighted by Crippen LogP contribution is 2.06. The monoisotopic (exact) mass is 467 g/mol. The molecule has 10 nitrogen and oxygen atoms in total. The van der Waals surface area contributed by atoms with E-state index in [9.17, 15) is 28.4 Å². The second kappa shape index (κ2) is 13.8. The molecule has 0 fully saturated rings. The molecular formula is C22H30FN3O7. The number of alkyl halides is 1. The summed E-state index contributed by atoms with van der Waals surface area (Å²) in [5.74, 6) is -3.97. The maximum absolute atomic E-state index is 12.7. The second-order valence-electron chi connectivity index (χ2n) is 7.75. The molecule has 0 saturated carbocycles. The lowest BCUT2D eigenvalue weighted by Crippen LogP contribution is -2.56. The Hall–Kier alpha value is -3.50. The van der Waals surface area contributed by atoms with E-state index < -0.39 is 60.9 Å². The molecule has 0 heterocycles. The Morgan fingerprint density at radius 2 is 1.61 bits per heavy atom. The zero-order chi connectivity index (χ0) is 25.0. The number of ketones is 1. The van der Waals surface area contributed by atoms with Gasteiger partial charge in [-0.05, 0) is 24.8 Å². The minimum Gasteiger partial charge on any atom is -0.481 e. The van der Waals surface area contributed by atoms with Gasteiger partial charge in [0, 0.05) is 6.42 Å². The van der Waals surface area contributed by atoms with Crippen molar-refractivity contribution >= 4 is 29.7 Å². The van der Waals surface area contributed by atoms with Crippen LogP contribution in [0.5, 0.6) is 0 Å². The zero-order valence-electron chi connectivity index (χ0n) is 18.8. The van der Waals surface area contributed by atoms with Crippen LogP contribution >= 0.6 is 0 Å². The predicted octanol–water partition coefficient (Wildman–Crippen LogP) is 1.33. The third kappa shape index (κ3) is 10.1. The zero-order valence-corrected chi connectivity index (χ0v) is 18.8. The molecule has 0 unspecified atom stereocenters. The number of rotatable bonds is 13. The van der Waals surface area contributed by atoms with Gasteiger partial charge in [-0.2, -0.15) is 0 Å². The number of nitrogens with one attached hydrogen (secondary N) is 3. The Kier molecular flexibility index (Phi) is 11.5. The number of aliphatic carboxylic acids is 1. The van der Waals surface area contributed by atoms with E-state index in [0.717, 1.165) is 5.56 Å². The third-order valence-electron chi connectivity index (χ3n) is 4.67. The van der Waals surface area contributed by atoms with Crippen LogP contribution in [-0.4, -0.2) is 59.6 Å². The average Bonchev–Trinajstić information content (AvgIpc) is 2.78. The Labute approximate surface area is 191 Å². The standard InChI is InChI=1S/C22H30FN3O7/c1-13(2)19(26-22(32)33-12-15-7-5-4-6-8-15)21(31)24-14(3)20(30)25-16(17(27)11-23)9-10-18(28)29/h4-8,13-14,16,19H,9-12H2,1-3H3,(H,24,31)(H,25,30)(H,26,32)(H,28,29)/t14-,16-,19-/m0/s1. The van der Waals surface area contributed by atoms with E-state index in [1.807, 2.05) is 6.07 Å². The molecule has 1 aromatic rings. The van der Waals surface area contributed by atoms with Crippen LogP contribution in [0.25, 0.3) is 0 Å². The number of ether oxygens (including phenoxy) is 1. The molecule has 182 valence electrons. The van der Waals surface area contributed by atoms with Gasteiger partial charge in [0.05, 0.1) is 6.04 Å². The van der Waals surface area contributed by atoms with E-state index in [4.69, 9.17) is 9.84 Å². The van der Waals surface area contributed by atoms with Crippen LogP contribution in [0.4, 0.5) is 9.18 Å². The topological polar surface area (TPSA) is 151 Å². The number of carboxylic acid groups (broad SMARTS) is 1. The first-order valence-corrected chi connectivity index (χ1v) is 10.4. The first kappa shape index (κ1) is 27.5. The molecule has 1 rings (SSSR count). The summed E-state index contributed by atoms with van der Waals surface area (Å²) in [4.78, 5) is 59.5. The van der Waals surface area contributed by atoms with E-state index in [-0.39, 0.29) is 18.9 Å². The molecule has 11 heteroatoms. The van der Waals surface area contributed by atoms with Gasteiger partial charge in [0.1, 0.15) is 25.4 Å². The van der Waals surface area contributed by atoms with Crippen molar-refractivity contribution in [1.29, 1.82) is 0 Å². The largest absolute Gasteiger partial charge is 0.481 e. The highest BCUT2D eigenvalue weighted by Gasteiger charge is 2.29. The highest BCUT2D eigenvalue weighted by molar-refractivity contribution is 5.94. The first-order chi connectivity index (χ1) is 15.5. The fourth-order valence-electron chi connectivity index (χ4n) is 2.77. The fraction of sp³-hybridized carbons (Fsp3) is 0.500. The lowest BCUT2D eigenvalue weighted by molar-refractivity contribution is -0.138. The molecule has 0 saturated heterocycles. The molecule has 33 heavy (non-hydrogen) atoms. The molecule has 0 aromatic heterocycles. The van der Waals surface area contributed by atoms with E-state index >= 15 is 0 Å². The molecule has 0 bridgehead atoms. The van der Waals surface area contributed by atoms with Crippen molar-refractivity contribution in [3.8, 4) is 0 Å². The van der Waals surface area contributed by atoms with Crippen LogP contribution < -0.4 is 16.0 Å². The van der Waals surface area contributed by atoms with Crippen LogP contribution in [0.1, 0.15) is 39.2 Å². The number of alkyl carbamates (subject to hydrolysis) is 1. The van der Waals surface area contributed by atoms with Gasteiger partial charge in [-0.15, -0.1) is 0 Å². The predicted molar refractivity (Wildman–Crippen MR) is 116 cm³/mol. The van der Waals surface area contributed by atoms with E-state index in [1.165, 1.54) is 6.92 Å². The SMILES string of the molecule is CC(C)[C@H](NC(=O)OCc1ccccc1)C(=O)N[C@@H](C)C(=O)N[C@@H](CCC(=O)O)C(=O)CF. The Bertz CT molecular complexity index is 833. The summed E-state index contributed by atoms with van der Waals surface area (Å²) < 4.78 is 17.9. The molecule has 4 N–H and O–H groups in total. The Morgan fingerprint density at radius 3 is 2.15 bits per heavy atom. The fourth-order valence-corrected chi connectivity index (χ4v) is 2.77. The van der Waals surface area contributed by atoms with Gasteiger partial charge < -0.3 is 25.8 Å². The number of hydrogen-bond acceptors (Lipinski definition) is 6. The van der Waals surface area contributed by atoms with Crippen molar-refractivity contribution in [2.75, 3.05) is 6.67 Å². The maximum atomic E-state index is 12.7. The van der Waals surface area contributed by atoms with E-state index in [0.29, 0.717) is 0 Å². The smallest absolute Gasteiger partial charge is 0.408 e. The summed E-state index contributed by atoms with van der Waals surface area (Å²) in [7, 11) is 0. The summed E-state index contributed by atoms with van der Waals surface area (Å²) in [6.07, 6.45) is -1.54. The van der Waals surface area contributed by atoms with E-state index in [2.05, 4.69) is 16.0 Å². The lowest BCUT2D eigenvalue weighted by Gasteiger charge is -2.24. The normalized spacial score (nSPS) is 13.4. The summed E-state index contributed by atoms with van der Waals surface area (Å²) in [6, 6.07) is 5.47. The van der Waals surface area contributed by atoms with Crippen LogP contribution in [0.2, 0.25) is 0 Å². The Balaban J connectivity index is 2.66.